The standard InChI is InChI=1S/C16H24N4O2/c1-5-20-15-12(7-6-8-17-15)19-16(20)13(9-11(2)3)18-14(21)10-22-4/h6-8,11,13H,5,9-10H2,1-4H3,(H,18,21)/t13-/m0/s1. The van der Waals surface area contributed by atoms with E-state index >= 15 is 0 Å². The number of pyridine rings is 1. The van der Waals surface area contributed by atoms with Crippen LogP contribution in [0.3, 0.4) is 0 Å². The Labute approximate surface area is 130 Å². The fourth-order valence-corrected chi connectivity index (χ4v) is 2.62. The summed E-state index contributed by atoms with van der Waals surface area (Å²) in [5.74, 6) is 1.16. The third kappa shape index (κ3) is 3.62. The van der Waals surface area contributed by atoms with Gasteiger partial charge in [0, 0.05) is 19.9 Å². The van der Waals surface area contributed by atoms with Gasteiger partial charge in [-0.25, -0.2) is 9.97 Å². The van der Waals surface area contributed by atoms with Crippen LogP contribution in [0.15, 0.2) is 18.3 Å². The zero-order valence-electron chi connectivity index (χ0n) is 13.7. The number of hydrogen-bond acceptors (Lipinski definition) is 4. The van der Waals surface area contributed by atoms with Gasteiger partial charge in [-0.3, -0.25) is 4.79 Å². The number of nitrogens with one attached hydrogen (secondary N) is 1. The molecule has 0 aliphatic rings. The maximum absolute atomic E-state index is 11.9. The van der Waals surface area contributed by atoms with Crippen molar-refractivity contribution in [1.82, 2.24) is 19.9 Å². The molecule has 120 valence electrons. The second-order valence-electron chi connectivity index (χ2n) is 5.74. The van der Waals surface area contributed by atoms with Crippen molar-refractivity contribution in [3.63, 3.8) is 0 Å². The second-order valence-corrected chi connectivity index (χ2v) is 5.74. The Bertz CT molecular complexity index is 636. The van der Waals surface area contributed by atoms with Gasteiger partial charge in [-0.05, 0) is 31.4 Å². The summed E-state index contributed by atoms with van der Waals surface area (Å²) in [6, 6.07) is 3.68. The molecule has 1 amide bonds. The summed E-state index contributed by atoms with van der Waals surface area (Å²) < 4.78 is 6.97. The molecular formula is C16H24N4O2. The number of hydrogen-bond donors (Lipinski definition) is 1. The molecule has 0 aliphatic carbocycles. The summed E-state index contributed by atoms with van der Waals surface area (Å²) >= 11 is 0. The van der Waals surface area contributed by atoms with E-state index in [0.29, 0.717) is 5.92 Å². The van der Waals surface area contributed by atoms with Gasteiger partial charge in [0.1, 0.15) is 17.9 Å². The Morgan fingerprint density at radius 3 is 2.86 bits per heavy atom. The normalized spacial score (nSPS) is 12.8. The fraction of sp³-hybridized carbons (Fsp3) is 0.562. The van der Waals surface area contributed by atoms with E-state index in [9.17, 15) is 4.79 Å². The van der Waals surface area contributed by atoms with Crippen molar-refractivity contribution < 1.29 is 9.53 Å². The highest BCUT2D eigenvalue weighted by Crippen LogP contribution is 2.24. The molecule has 2 aromatic heterocycles. The van der Waals surface area contributed by atoms with Crippen molar-refractivity contribution in [2.24, 2.45) is 5.92 Å². The van der Waals surface area contributed by atoms with Crippen molar-refractivity contribution in [3.05, 3.63) is 24.2 Å². The van der Waals surface area contributed by atoms with Gasteiger partial charge in [-0.15, -0.1) is 0 Å². The zero-order valence-corrected chi connectivity index (χ0v) is 13.7. The number of amides is 1. The van der Waals surface area contributed by atoms with Gasteiger partial charge < -0.3 is 14.6 Å². The number of methoxy groups -OCH3 is 1. The minimum absolute atomic E-state index is 0.0548. The van der Waals surface area contributed by atoms with E-state index in [1.807, 2.05) is 12.1 Å². The lowest BCUT2D eigenvalue weighted by Gasteiger charge is -2.21. The van der Waals surface area contributed by atoms with E-state index in [0.717, 1.165) is 30.0 Å². The lowest BCUT2D eigenvalue weighted by Crippen LogP contribution is -2.33. The van der Waals surface area contributed by atoms with Crippen LogP contribution in [0.1, 0.15) is 39.1 Å². The SMILES string of the molecule is CCn1c([C@H](CC(C)C)NC(=O)COC)nc2cccnc21. The smallest absolute Gasteiger partial charge is 0.246 e. The first-order chi connectivity index (χ1) is 10.6. The molecule has 0 aliphatic heterocycles. The van der Waals surface area contributed by atoms with Gasteiger partial charge in [0.05, 0.1) is 6.04 Å². The molecule has 0 radical (unpaired) electrons. The van der Waals surface area contributed by atoms with Gasteiger partial charge in [0.2, 0.25) is 5.91 Å². The third-order valence-corrected chi connectivity index (χ3v) is 3.48. The Kier molecular flexibility index (Phi) is 5.49. The Morgan fingerprint density at radius 1 is 1.45 bits per heavy atom. The van der Waals surface area contributed by atoms with Crippen LogP contribution in [0.4, 0.5) is 0 Å². The van der Waals surface area contributed by atoms with Crippen LogP contribution in [0, 0.1) is 5.92 Å². The molecule has 0 saturated heterocycles. The summed E-state index contributed by atoms with van der Waals surface area (Å²) in [4.78, 5) is 21.0. The molecule has 6 heteroatoms. The topological polar surface area (TPSA) is 69.0 Å². The maximum atomic E-state index is 11.9. The number of ether oxygens (including phenoxy) is 1. The number of carbonyl (C=O) groups is 1. The summed E-state index contributed by atoms with van der Waals surface area (Å²) in [7, 11) is 1.52. The largest absolute Gasteiger partial charge is 0.375 e. The molecular weight excluding hydrogens is 280 g/mol. The molecule has 0 unspecified atom stereocenters. The number of rotatable bonds is 7. The third-order valence-electron chi connectivity index (χ3n) is 3.48. The van der Waals surface area contributed by atoms with Crippen molar-refractivity contribution in [2.45, 2.75) is 39.8 Å². The lowest BCUT2D eigenvalue weighted by molar-refractivity contribution is -0.125. The number of carbonyl (C=O) groups excluding carboxylic acids is 1. The van der Waals surface area contributed by atoms with Gasteiger partial charge in [-0.2, -0.15) is 0 Å². The van der Waals surface area contributed by atoms with Crippen molar-refractivity contribution in [3.8, 4) is 0 Å². The number of aryl methyl sites for hydroxylation is 1. The fourth-order valence-electron chi connectivity index (χ4n) is 2.62. The lowest BCUT2D eigenvalue weighted by atomic mass is 10.0. The first kappa shape index (κ1) is 16.4. The zero-order chi connectivity index (χ0) is 16.1. The highest BCUT2D eigenvalue weighted by molar-refractivity contribution is 5.78. The van der Waals surface area contributed by atoms with E-state index in [1.54, 1.807) is 6.20 Å². The predicted octanol–water partition coefficient (Wildman–Crippen LogP) is 2.30. The van der Waals surface area contributed by atoms with Gasteiger partial charge in [-0.1, -0.05) is 13.8 Å². The van der Waals surface area contributed by atoms with Crippen LogP contribution < -0.4 is 5.32 Å². The molecule has 0 saturated carbocycles. The molecule has 1 N–H and O–H groups in total. The van der Waals surface area contributed by atoms with Crippen LogP contribution in [0.2, 0.25) is 0 Å². The van der Waals surface area contributed by atoms with E-state index in [1.165, 1.54) is 7.11 Å². The van der Waals surface area contributed by atoms with Crippen LogP contribution >= 0.6 is 0 Å². The van der Waals surface area contributed by atoms with Gasteiger partial charge in [0.25, 0.3) is 0 Å². The molecule has 0 bridgehead atoms. The maximum Gasteiger partial charge on any atom is 0.246 e. The molecule has 6 nitrogen and oxygen atoms in total. The Balaban J connectivity index is 2.39. The molecule has 22 heavy (non-hydrogen) atoms. The number of imidazole rings is 1. The number of aromatic nitrogens is 3. The van der Waals surface area contributed by atoms with Crippen LogP contribution in [0.25, 0.3) is 11.2 Å². The molecule has 2 aromatic rings. The van der Waals surface area contributed by atoms with Gasteiger partial charge >= 0.3 is 0 Å². The molecule has 0 spiro atoms. The van der Waals surface area contributed by atoms with E-state index in [4.69, 9.17) is 9.72 Å². The Morgan fingerprint density at radius 2 is 2.23 bits per heavy atom. The van der Waals surface area contributed by atoms with E-state index in [2.05, 4.69) is 35.6 Å². The quantitative estimate of drug-likeness (QED) is 0.852. The minimum atomic E-state index is -0.142. The van der Waals surface area contributed by atoms with Crippen LogP contribution in [-0.2, 0) is 16.1 Å². The molecule has 2 rings (SSSR count). The number of nitrogens with zero attached hydrogens (tertiary/aromatic N) is 3. The minimum Gasteiger partial charge on any atom is -0.375 e. The van der Waals surface area contributed by atoms with E-state index < -0.39 is 0 Å². The summed E-state index contributed by atoms with van der Waals surface area (Å²) in [5, 5.41) is 3.03. The van der Waals surface area contributed by atoms with Crippen molar-refractivity contribution in [1.29, 1.82) is 0 Å². The molecule has 2 heterocycles. The van der Waals surface area contributed by atoms with Crippen molar-refractivity contribution >= 4 is 17.1 Å². The molecule has 1 atom stereocenters. The second kappa shape index (κ2) is 7.35. The molecule has 0 aromatic carbocycles. The average molecular weight is 304 g/mol. The predicted molar refractivity (Wildman–Crippen MR) is 85.4 cm³/mol. The Hall–Kier alpha value is -1.95. The van der Waals surface area contributed by atoms with Gasteiger partial charge in [0.15, 0.2) is 5.65 Å². The summed E-state index contributed by atoms with van der Waals surface area (Å²) in [5.41, 5.74) is 1.71. The first-order valence-electron chi connectivity index (χ1n) is 7.66. The van der Waals surface area contributed by atoms with Crippen LogP contribution in [0.5, 0.6) is 0 Å². The monoisotopic (exact) mass is 304 g/mol. The van der Waals surface area contributed by atoms with E-state index in [-0.39, 0.29) is 18.6 Å². The first-order valence-corrected chi connectivity index (χ1v) is 7.66. The molecule has 0 fully saturated rings. The summed E-state index contributed by atoms with van der Waals surface area (Å²) in [6.45, 7) is 7.14. The summed E-state index contributed by atoms with van der Waals surface area (Å²) in [6.07, 6.45) is 2.58. The number of fused-ring (bicyclic) bond motifs is 1. The van der Waals surface area contributed by atoms with Crippen LogP contribution in [-0.4, -0.2) is 34.2 Å². The highest BCUT2D eigenvalue weighted by Gasteiger charge is 2.23. The highest BCUT2D eigenvalue weighted by atomic mass is 16.5. The average Bonchev–Trinajstić information content (AvgIpc) is 2.84. The van der Waals surface area contributed by atoms with Crippen molar-refractivity contribution in [2.75, 3.05) is 13.7 Å².